The van der Waals surface area contributed by atoms with Crippen molar-refractivity contribution in [1.82, 2.24) is 0 Å². The number of nitrogens with zero attached hydrogens (tertiary/aromatic N) is 1. The van der Waals surface area contributed by atoms with E-state index >= 15 is 0 Å². The Labute approximate surface area is 172 Å². The Balaban J connectivity index is 0.00000225. The fraction of sp³-hybridized carbons (Fsp3) is 0.174. The Morgan fingerprint density at radius 2 is 1.68 bits per heavy atom. The van der Waals surface area contributed by atoms with Crippen LogP contribution >= 0.6 is 13.5 Å². The zero-order valence-electron chi connectivity index (χ0n) is 15.7. The van der Waals surface area contributed by atoms with E-state index in [1.165, 1.54) is 12.7 Å². The molecular weight excluding hydrogens is 370 g/mol. The molecule has 0 bridgehead atoms. The fourth-order valence-corrected chi connectivity index (χ4v) is 3.46. The van der Waals surface area contributed by atoms with Crippen molar-refractivity contribution in [3.8, 4) is 5.75 Å². The molecule has 0 spiro atoms. The molecule has 4 rings (SSSR count). The molecule has 1 aliphatic heterocycles. The minimum atomic E-state index is -0.356. The Morgan fingerprint density at radius 3 is 2.36 bits per heavy atom. The highest BCUT2D eigenvalue weighted by molar-refractivity contribution is 7.59. The number of anilines is 1. The van der Waals surface area contributed by atoms with Gasteiger partial charge in [0.25, 0.3) is 0 Å². The highest BCUT2D eigenvalue weighted by Gasteiger charge is 2.27. The maximum absolute atomic E-state index is 11.9. The predicted octanol–water partition coefficient (Wildman–Crippen LogP) is 4.73. The smallest absolute Gasteiger partial charge is 0.337 e. The summed E-state index contributed by atoms with van der Waals surface area (Å²) in [6.45, 7) is 1.19. The molecule has 0 aliphatic carbocycles. The highest BCUT2D eigenvalue weighted by atomic mass is 32.1. The second-order valence-electron chi connectivity index (χ2n) is 6.52. The molecule has 0 saturated carbocycles. The van der Waals surface area contributed by atoms with Crippen molar-refractivity contribution >= 4 is 25.2 Å². The number of esters is 1. The molecular formula is C23H23NO3S. The SMILES string of the molecule is COC(=O)c1ccc2c(c1)OC[C@H](c1ccccc1)N(c1ccccc1)C2.S. The van der Waals surface area contributed by atoms with Gasteiger partial charge in [-0.1, -0.05) is 54.6 Å². The minimum Gasteiger partial charge on any atom is -0.491 e. The van der Waals surface area contributed by atoms with Crippen LogP contribution in [0, 0.1) is 0 Å². The molecule has 3 aromatic rings. The zero-order valence-corrected chi connectivity index (χ0v) is 16.7. The molecule has 0 amide bonds. The van der Waals surface area contributed by atoms with Gasteiger partial charge in [0, 0.05) is 17.8 Å². The van der Waals surface area contributed by atoms with Crippen LogP contribution in [0.5, 0.6) is 5.75 Å². The third-order valence-corrected chi connectivity index (χ3v) is 4.87. The molecule has 5 heteroatoms. The lowest BCUT2D eigenvalue weighted by Crippen LogP contribution is -2.30. The predicted molar refractivity (Wildman–Crippen MR) is 115 cm³/mol. The van der Waals surface area contributed by atoms with Crippen molar-refractivity contribution in [2.24, 2.45) is 0 Å². The molecule has 0 saturated heterocycles. The van der Waals surface area contributed by atoms with E-state index < -0.39 is 0 Å². The maximum atomic E-state index is 11.9. The lowest BCUT2D eigenvalue weighted by atomic mass is 10.0. The lowest BCUT2D eigenvalue weighted by Gasteiger charge is -2.31. The van der Waals surface area contributed by atoms with Gasteiger partial charge in [0.2, 0.25) is 0 Å². The molecule has 0 radical (unpaired) electrons. The first-order valence-electron chi connectivity index (χ1n) is 8.97. The number of ether oxygens (including phenoxy) is 2. The van der Waals surface area contributed by atoms with Gasteiger partial charge in [-0.25, -0.2) is 4.79 Å². The number of carbonyl (C=O) groups is 1. The standard InChI is InChI=1S/C23H21NO3.H2S/c1-26-23(25)18-12-13-19-15-24(20-10-6-3-7-11-20)21(16-27-22(19)14-18)17-8-4-2-5-9-17;/h2-14,21H,15-16H2,1H3;1H2/t21-;/m1./s1. The molecule has 0 aromatic heterocycles. The van der Waals surface area contributed by atoms with E-state index in [4.69, 9.17) is 9.47 Å². The first-order valence-corrected chi connectivity index (χ1v) is 8.97. The largest absolute Gasteiger partial charge is 0.491 e. The molecule has 1 aliphatic rings. The summed E-state index contributed by atoms with van der Waals surface area (Å²) in [6, 6.07) is 26.3. The highest BCUT2D eigenvalue weighted by Crippen LogP contribution is 2.35. The number of benzene rings is 3. The first-order chi connectivity index (χ1) is 13.3. The van der Waals surface area contributed by atoms with E-state index in [1.807, 2.05) is 42.5 Å². The average molecular weight is 394 g/mol. The van der Waals surface area contributed by atoms with Crippen molar-refractivity contribution in [3.05, 3.63) is 95.6 Å². The molecule has 3 aromatic carbocycles. The second-order valence-corrected chi connectivity index (χ2v) is 6.52. The van der Waals surface area contributed by atoms with Crippen LogP contribution in [-0.4, -0.2) is 19.7 Å². The number of hydrogen-bond acceptors (Lipinski definition) is 4. The van der Waals surface area contributed by atoms with E-state index in [2.05, 4.69) is 29.2 Å². The van der Waals surface area contributed by atoms with Crippen LogP contribution in [0.3, 0.4) is 0 Å². The van der Waals surface area contributed by atoms with Gasteiger partial charge < -0.3 is 14.4 Å². The van der Waals surface area contributed by atoms with Crippen molar-refractivity contribution in [1.29, 1.82) is 0 Å². The molecule has 144 valence electrons. The summed E-state index contributed by atoms with van der Waals surface area (Å²) in [4.78, 5) is 14.2. The van der Waals surface area contributed by atoms with Crippen molar-refractivity contribution < 1.29 is 14.3 Å². The van der Waals surface area contributed by atoms with Gasteiger partial charge in [-0.15, -0.1) is 0 Å². The molecule has 4 nitrogen and oxygen atoms in total. The van der Waals surface area contributed by atoms with Crippen LogP contribution in [0.15, 0.2) is 78.9 Å². The van der Waals surface area contributed by atoms with Gasteiger partial charge in [-0.2, -0.15) is 13.5 Å². The van der Waals surface area contributed by atoms with Crippen LogP contribution in [0.1, 0.15) is 27.5 Å². The molecule has 28 heavy (non-hydrogen) atoms. The summed E-state index contributed by atoms with van der Waals surface area (Å²) in [5, 5.41) is 0. The fourth-order valence-electron chi connectivity index (χ4n) is 3.46. The maximum Gasteiger partial charge on any atom is 0.337 e. The normalized spacial score (nSPS) is 15.5. The van der Waals surface area contributed by atoms with E-state index in [-0.39, 0.29) is 25.5 Å². The summed E-state index contributed by atoms with van der Waals surface area (Å²) in [5.74, 6) is 0.377. The summed E-state index contributed by atoms with van der Waals surface area (Å²) >= 11 is 0. The summed E-state index contributed by atoms with van der Waals surface area (Å²) in [6.07, 6.45) is 0. The zero-order chi connectivity index (χ0) is 18.6. The molecule has 1 atom stereocenters. The van der Waals surface area contributed by atoms with E-state index in [0.717, 1.165) is 17.0 Å². The summed E-state index contributed by atoms with van der Waals surface area (Å²) in [7, 11) is 1.39. The number of hydrogen-bond donors (Lipinski definition) is 0. The van der Waals surface area contributed by atoms with E-state index in [1.54, 1.807) is 12.1 Å². The Hall–Kier alpha value is -2.92. The number of rotatable bonds is 3. The van der Waals surface area contributed by atoms with Crippen molar-refractivity contribution in [3.63, 3.8) is 0 Å². The van der Waals surface area contributed by atoms with Crippen LogP contribution in [0.4, 0.5) is 5.69 Å². The minimum absolute atomic E-state index is 0. The summed E-state index contributed by atoms with van der Waals surface area (Å²) < 4.78 is 11.0. The van der Waals surface area contributed by atoms with Gasteiger partial charge in [0.1, 0.15) is 12.4 Å². The Bertz CT molecular complexity index is 931. The summed E-state index contributed by atoms with van der Waals surface area (Å²) in [5.41, 5.74) is 3.88. The average Bonchev–Trinajstić information content (AvgIpc) is 2.93. The number of methoxy groups -OCH3 is 1. The topological polar surface area (TPSA) is 38.8 Å². The lowest BCUT2D eigenvalue weighted by molar-refractivity contribution is 0.0600. The third-order valence-electron chi connectivity index (χ3n) is 4.87. The third kappa shape index (κ3) is 3.99. The van der Waals surface area contributed by atoms with Gasteiger partial charge in [-0.05, 0) is 29.8 Å². The van der Waals surface area contributed by atoms with Crippen LogP contribution in [-0.2, 0) is 11.3 Å². The number of fused-ring (bicyclic) bond motifs is 1. The Kier molecular flexibility index (Phi) is 6.26. The van der Waals surface area contributed by atoms with Gasteiger partial charge in [0.15, 0.2) is 0 Å². The van der Waals surface area contributed by atoms with Gasteiger partial charge in [0.05, 0.1) is 18.7 Å². The number of para-hydroxylation sites is 1. The Morgan fingerprint density at radius 1 is 1.00 bits per heavy atom. The molecule has 0 fully saturated rings. The molecule has 0 unspecified atom stereocenters. The quantitative estimate of drug-likeness (QED) is 0.603. The van der Waals surface area contributed by atoms with Gasteiger partial charge >= 0.3 is 5.97 Å². The van der Waals surface area contributed by atoms with Crippen molar-refractivity contribution in [2.75, 3.05) is 18.6 Å². The van der Waals surface area contributed by atoms with E-state index in [9.17, 15) is 4.79 Å². The van der Waals surface area contributed by atoms with E-state index in [0.29, 0.717) is 18.7 Å². The van der Waals surface area contributed by atoms with Crippen molar-refractivity contribution in [2.45, 2.75) is 12.6 Å². The van der Waals surface area contributed by atoms with Crippen LogP contribution in [0.25, 0.3) is 0 Å². The molecule has 1 heterocycles. The second kappa shape index (κ2) is 8.85. The number of carbonyl (C=O) groups excluding carboxylic acids is 1. The van der Waals surface area contributed by atoms with Gasteiger partial charge in [-0.3, -0.25) is 0 Å². The van der Waals surface area contributed by atoms with Crippen LogP contribution < -0.4 is 9.64 Å². The van der Waals surface area contributed by atoms with Crippen LogP contribution in [0.2, 0.25) is 0 Å². The monoisotopic (exact) mass is 393 g/mol. The molecule has 0 N–H and O–H groups in total. The first kappa shape index (κ1) is 19.8.